The van der Waals surface area contributed by atoms with Crippen molar-refractivity contribution in [2.75, 3.05) is 43.4 Å². The van der Waals surface area contributed by atoms with E-state index in [-0.39, 0.29) is 11.8 Å². The number of nitrogens with one attached hydrogen (secondary N) is 3. The molecule has 3 amide bonds. The van der Waals surface area contributed by atoms with Gasteiger partial charge in [-0.1, -0.05) is 0 Å². The molecule has 0 atom stereocenters. The minimum Gasteiger partial charge on any atom is -0.358 e. The minimum atomic E-state index is -0.200. The molecule has 1 saturated heterocycles. The van der Waals surface area contributed by atoms with E-state index in [0.717, 1.165) is 60.7 Å². The number of carbonyl (C=O) groups is 3. The van der Waals surface area contributed by atoms with Gasteiger partial charge in [0.15, 0.2) is 0 Å². The SMILES string of the molecule is Cc1c(/C=C2\C(=O)Nc3ccc(NC=O)cc32)[nH]c2c1C(=O)N(CCN1CCCC1)CC2. The third kappa shape index (κ3) is 3.60. The molecule has 0 saturated carbocycles. The van der Waals surface area contributed by atoms with Crippen LogP contribution in [-0.4, -0.2) is 65.7 Å². The number of likely N-dealkylation sites (tertiary alicyclic amines) is 1. The van der Waals surface area contributed by atoms with E-state index in [1.165, 1.54) is 12.8 Å². The van der Waals surface area contributed by atoms with E-state index in [1.807, 2.05) is 11.8 Å². The highest BCUT2D eigenvalue weighted by Crippen LogP contribution is 2.36. The van der Waals surface area contributed by atoms with E-state index in [9.17, 15) is 14.4 Å². The summed E-state index contributed by atoms with van der Waals surface area (Å²) in [6.07, 6.45) is 5.69. The summed E-state index contributed by atoms with van der Waals surface area (Å²) in [5.74, 6) is -0.133. The van der Waals surface area contributed by atoms with Crippen molar-refractivity contribution >= 4 is 41.2 Å². The lowest BCUT2D eigenvalue weighted by atomic mass is 10.0. The molecule has 8 nitrogen and oxygen atoms in total. The number of carbonyl (C=O) groups excluding carboxylic acids is 3. The molecule has 1 fully saturated rings. The molecule has 4 heterocycles. The number of hydrogen-bond acceptors (Lipinski definition) is 4. The van der Waals surface area contributed by atoms with E-state index in [2.05, 4.69) is 20.5 Å². The molecule has 8 heteroatoms. The Labute approximate surface area is 186 Å². The number of nitrogens with zero attached hydrogens (tertiary/aromatic N) is 2. The summed E-state index contributed by atoms with van der Waals surface area (Å²) in [5, 5.41) is 5.48. The van der Waals surface area contributed by atoms with Crippen LogP contribution in [0.4, 0.5) is 11.4 Å². The number of hydrogen-bond donors (Lipinski definition) is 3. The molecule has 1 aromatic heterocycles. The van der Waals surface area contributed by atoms with Crippen molar-refractivity contribution in [3.05, 3.63) is 46.3 Å². The molecule has 3 aliphatic heterocycles. The van der Waals surface area contributed by atoms with Crippen molar-refractivity contribution in [3.8, 4) is 0 Å². The third-order valence-corrected chi connectivity index (χ3v) is 6.70. The molecule has 5 rings (SSSR count). The molecule has 32 heavy (non-hydrogen) atoms. The van der Waals surface area contributed by atoms with E-state index in [4.69, 9.17) is 0 Å². The van der Waals surface area contributed by atoms with Crippen LogP contribution in [0.25, 0.3) is 11.6 Å². The predicted molar refractivity (Wildman–Crippen MR) is 123 cm³/mol. The molecule has 0 aliphatic carbocycles. The van der Waals surface area contributed by atoms with Gasteiger partial charge in [0.25, 0.3) is 11.8 Å². The smallest absolute Gasteiger partial charge is 0.256 e. The van der Waals surface area contributed by atoms with Crippen LogP contribution >= 0.6 is 0 Å². The second-order valence-electron chi connectivity index (χ2n) is 8.64. The van der Waals surface area contributed by atoms with Crippen LogP contribution in [0.2, 0.25) is 0 Å². The van der Waals surface area contributed by atoms with Gasteiger partial charge in [-0.3, -0.25) is 14.4 Å². The van der Waals surface area contributed by atoms with E-state index in [0.29, 0.717) is 29.9 Å². The lowest BCUT2D eigenvalue weighted by molar-refractivity contribution is -0.110. The first-order valence-corrected chi connectivity index (χ1v) is 11.2. The molecule has 3 N–H and O–H groups in total. The molecule has 0 radical (unpaired) electrons. The first-order chi connectivity index (χ1) is 15.5. The highest BCUT2D eigenvalue weighted by atomic mass is 16.2. The van der Waals surface area contributed by atoms with Gasteiger partial charge in [0.2, 0.25) is 6.41 Å². The summed E-state index contributed by atoms with van der Waals surface area (Å²) in [6.45, 7) is 6.57. The maximum absolute atomic E-state index is 13.2. The number of benzene rings is 1. The summed E-state index contributed by atoms with van der Waals surface area (Å²) in [7, 11) is 0. The molecular weight excluding hydrogens is 406 g/mol. The largest absolute Gasteiger partial charge is 0.358 e. The van der Waals surface area contributed by atoms with Crippen molar-refractivity contribution in [1.29, 1.82) is 0 Å². The number of H-pyrrole nitrogens is 1. The Bertz CT molecular complexity index is 1130. The van der Waals surface area contributed by atoms with Crippen molar-refractivity contribution in [2.24, 2.45) is 0 Å². The van der Waals surface area contributed by atoms with Gasteiger partial charge in [0.05, 0.1) is 11.1 Å². The second kappa shape index (κ2) is 8.27. The number of amides is 3. The Balaban J connectivity index is 1.41. The fraction of sp³-hybridized carbons (Fsp3) is 0.375. The zero-order chi connectivity index (χ0) is 22.2. The number of fused-ring (bicyclic) bond motifs is 2. The van der Waals surface area contributed by atoms with Crippen LogP contribution in [0.15, 0.2) is 18.2 Å². The van der Waals surface area contributed by atoms with Crippen LogP contribution in [0, 0.1) is 6.92 Å². The van der Waals surface area contributed by atoms with E-state index < -0.39 is 0 Å². The van der Waals surface area contributed by atoms with Crippen LogP contribution < -0.4 is 10.6 Å². The monoisotopic (exact) mass is 433 g/mol. The lowest BCUT2D eigenvalue weighted by Crippen LogP contribution is -2.42. The van der Waals surface area contributed by atoms with Crippen LogP contribution in [-0.2, 0) is 16.0 Å². The quantitative estimate of drug-likeness (QED) is 0.482. The summed E-state index contributed by atoms with van der Waals surface area (Å²) >= 11 is 0. The molecule has 0 spiro atoms. The summed E-state index contributed by atoms with van der Waals surface area (Å²) in [6, 6.07) is 5.29. The van der Waals surface area contributed by atoms with Gasteiger partial charge in [-0.15, -0.1) is 0 Å². The Morgan fingerprint density at radius 2 is 1.94 bits per heavy atom. The summed E-state index contributed by atoms with van der Waals surface area (Å²) in [4.78, 5) is 44.4. The van der Waals surface area contributed by atoms with Gasteiger partial charge in [-0.2, -0.15) is 0 Å². The topological polar surface area (TPSA) is 97.5 Å². The summed E-state index contributed by atoms with van der Waals surface area (Å²) in [5.41, 5.74) is 5.87. The summed E-state index contributed by atoms with van der Waals surface area (Å²) < 4.78 is 0. The Morgan fingerprint density at radius 1 is 1.12 bits per heavy atom. The maximum atomic E-state index is 13.2. The molecule has 2 aromatic rings. The van der Waals surface area contributed by atoms with Gasteiger partial charge in [0.1, 0.15) is 0 Å². The first-order valence-electron chi connectivity index (χ1n) is 11.2. The predicted octanol–water partition coefficient (Wildman–Crippen LogP) is 2.48. The normalized spacial score (nSPS) is 19.3. The first kappa shape index (κ1) is 20.5. The molecular formula is C24H27N5O3. The van der Waals surface area contributed by atoms with Crippen molar-refractivity contribution in [1.82, 2.24) is 14.8 Å². The van der Waals surface area contributed by atoms with Crippen LogP contribution in [0.3, 0.4) is 0 Å². The van der Waals surface area contributed by atoms with Gasteiger partial charge < -0.3 is 25.4 Å². The number of aromatic nitrogens is 1. The molecule has 0 unspecified atom stereocenters. The van der Waals surface area contributed by atoms with E-state index >= 15 is 0 Å². The molecule has 3 aliphatic rings. The number of anilines is 2. The third-order valence-electron chi connectivity index (χ3n) is 6.70. The van der Waals surface area contributed by atoms with Crippen LogP contribution in [0.1, 0.15) is 45.7 Å². The van der Waals surface area contributed by atoms with Crippen LogP contribution in [0.5, 0.6) is 0 Å². The average molecular weight is 434 g/mol. The number of rotatable bonds is 6. The Morgan fingerprint density at radius 3 is 2.72 bits per heavy atom. The van der Waals surface area contributed by atoms with Crippen molar-refractivity contribution in [3.63, 3.8) is 0 Å². The van der Waals surface area contributed by atoms with Gasteiger partial charge in [-0.25, -0.2) is 0 Å². The Kier molecular flexibility index (Phi) is 5.30. The number of aromatic amines is 1. The van der Waals surface area contributed by atoms with Crippen molar-refractivity contribution in [2.45, 2.75) is 26.2 Å². The van der Waals surface area contributed by atoms with E-state index in [1.54, 1.807) is 24.3 Å². The lowest BCUT2D eigenvalue weighted by Gasteiger charge is -2.29. The highest BCUT2D eigenvalue weighted by Gasteiger charge is 2.31. The van der Waals surface area contributed by atoms with Gasteiger partial charge in [-0.05, 0) is 62.7 Å². The Hall–Kier alpha value is -3.39. The van der Waals surface area contributed by atoms with Gasteiger partial charge in [0, 0.05) is 54.4 Å². The molecule has 166 valence electrons. The highest BCUT2D eigenvalue weighted by molar-refractivity contribution is 6.35. The fourth-order valence-electron chi connectivity index (χ4n) is 4.92. The van der Waals surface area contributed by atoms with Gasteiger partial charge >= 0.3 is 0 Å². The molecule has 0 bridgehead atoms. The zero-order valence-electron chi connectivity index (χ0n) is 18.2. The minimum absolute atomic E-state index is 0.0672. The molecule has 1 aromatic carbocycles. The second-order valence-corrected chi connectivity index (χ2v) is 8.64. The maximum Gasteiger partial charge on any atom is 0.256 e. The zero-order valence-corrected chi connectivity index (χ0v) is 18.2. The van der Waals surface area contributed by atoms with Crippen molar-refractivity contribution < 1.29 is 14.4 Å². The average Bonchev–Trinajstić information content (AvgIpc) is 3.48. The standard InChI is InChI=1S/C24H27N5O3/c1-15-21(13-18-17-12-16(25-14-30)4-5-19(17)27-23(18)31)26-20-6-9-29(24(32)22(15)20)11-10-28-7-2-3-8-28/h4-5,12-14,26H,2-3,6-11H2,1H3,(H,25,30)(H,27,31)/b18-13-. The fourth-order valence-corrected chi connectivity index (χ4v) is 4.92.